The van der Waals surface area contributed by atoms with Crippen LogP contribution >= 0.6 is 0 Å². The minimum absolute atomic E-state index is 1.05. The summed E-state index contributed by atoms with van der Waals surface area (Å²) in [6.07, 6.45) is 0. The lowest BCUT2D eigenvalue weighted by Crippen LogP contribution is -1.96. The average Bonchev–Trinajstić information content (AvgIpc) is 3.61. The maximum atomic E-state index is 3.73. The van der Waals surface area contributed by atoms with E-state index in [1.54, 1.807) is 0 Å². The summed E-state index contributed by atoms with van der Waals surface area (Å²) in [5.74, 6) is 0. The zero-order valence-corrected chi connectivity index (χ0v) is 30.8. The fourth-order valence-corrected chi connectivity index (χ4v) is 7.99. The van der Waals surface area contributed by atoms with Crippen LogP contribution in [0.15, 0.2) is 224 Å². The van der Waals surface area contributed by atoms with Crippen molar-refractivity contribution in [2.75, 3.05) is 5.32 Å². The molecule has 10 aromatic rings. The molecule has 10 rings (SSSR count). The third kappa shape index (κ3) is 6.34. The number of fused-ring (bicyclic) bond motifs is 3. The van der Waals surface area contributed by atoms with Gasteiger partial charge in [0.15, 0.2) is 0 Å². The molecule has 0 aliphatic heterocycles. The van der Waals surface area contributed by atoms with Crippen LogP contribution in [0.3, 0.4) is 0 Å². The first kappa shape index (κ1) is 33.2. The Morgan fingerprint density at radius 3 is 1.38 bits per heavy atom. The molecular formula is C54H38N2. The van der Waals surface area contributed by atoms with E-state index in [-0.39, 0.29) is 0 Å². The molecule has 0 bridgehead atoms. The maximum Gasteiger partial charge on any atom is 0.0541 e. The van der Waals surface area contributed by atoms with Gasteiger partial charge in [0.1, 0.15) is 0 Å². The number of para-hydroxylation sites is 1. The van der Waals surface area contributed by atoms with E-state index in [9.17, 15) is 0 Å². The van der Waals surface area contributed by atoms with Crippen molar-refractivity contribution >= 4 is 33.2 Å². The van der Waals surface area contributed by atoms with Gasteiger partial charge in [-0.2, -0.15) is 0 Å². The summed E-state index contributed by atoms with van der Waals surface area (Å²) >= 11 is 0. The number of nitrogens with zero attached hydrogens (tertiary/aromatic N) is 1. The van der Waals surface area contributed by atoms with Crippen LogP contribution < -0.4 is 5.32 Å². The van der Waals surface area contributed by atoms with E-state index < -0.39 is 0 Å². The SMILES string of the molecule is c1ccc(-c2ccc(Nc3ccc(-c4ccc5c(c4)c4ccccc4n5-c4cc(-c5ccccc5)cc(-c5ccccc5)c4)cc3-c3ccccc3)cc2)cc1. The summed E-state index contributed by atoms with van der Waals surface area (Å²) in [6, 6.07) is 80.7. The van der Waals surface area contributed by atoms with Gasteiger partial charge in [-0.15, -0.1) is 0 Å². The summed E-state index contributed by atoms with van der Waals surface area (Å²) in [7, 11) is 0. The van der Waals surface area contributed by atoms with Gasteiger partial charge in [-0.3, -0.25) is 0 Å². The molecule has 2 nitrogen and oxygen atoms in total. The van der Waals surface area contributed by atoms with Crippen LogP contribution in [0.1, 0.15) is 0 Å². The molecule has 56 heavy (non-hydrogen) atoms. The fourth-order valence-electron chi connectivity index (χ4n) is 7.99. The van der Waals surface area contributed by atoms with Crippen LogP contribution in [0.2, 0.25) is 0 Å². The van der Waals surface area contributed by atoms with Crippen molar-refractivity contribution in [3.63, 3.8) is 0 Å². The van der Waals surface area contributed by atoms with Crippen molar-refractivity contribution in [3.8, 4) is 61.3 Å². The van der Waals surface area contributed by atoms with Gasteiger partial charge in [-0.1, -0.05) is 164 Å². The fraction of sp³-hybridized carbons (Fsp3) is 0. The second-order valence-corrected chi connectivity index (χ2v) is 14.3. The van der Waals surface area contributed by atoms with Crippen molar-refractivity contribution in [1.29, 1.82) is 0 Å². The van der Waals surface area contributed by atoms with Crippen molar-refractivity contribution in [2.24, 2.45) is 0 Å². The molecule has 0 amide bonds. The Morgan fingerprint density at radius 2 is 0.750 bits per heavy atom. The first-order valence-electron chi connectivity index (χ1n) is 19.2. The molecule has 0 spiro atoms. The summed E-state index contributed by atoms with van der Waals surface area (Å²) < 4.78 is 2.43. The molecule has 0 saturated carbocycles. The third-order valence-electron chi connectivity index (χ3n) is 10.8. The van der Waals surface area contributed by atoms with Gasteiger partial charge in [0.25, 0.3) is 0 Å². The minimum Gasteiger partial charge on any atom is -0.355 e. The molecule has 0 aliphatic carbocycles. The van der Waals surface area contributed by atoms with Crippen molar-refractivity contribution in [2.45, 2.75) is 0 Å². The highest BCUT2D eigenvalue weighted by atomic mass is 15.0. The van der Waals surface area contributed by atoms with E-state index in [1.807, 2.05) is 0 Å². The normalized spacial score (nSPS) is 11.2. The molecule has 0 atom stereocenters. The van der Waals surface area contributed by atoms with E-state index in [0.29, 0.717) is 0 Å². The topological polar surface area (TPSA) is 17.0 Å². The van der Waals surface area contributed by atoms with Gasteiger partial charge in [0.2, 0.25) is 0 Å². The van der Waals surface area contributed by atoms with Crippen molar-refractivity contribution in [1.82, 2.24) is 4.57 Å². The maximum absolute atomic E-state index is 3.73. The lowest BCUT2D eigenvalue weighted by molar-refractivity contribution is 1.18. The van der Waals surface area contributed by atoms with Crippen molar-refractivity contribution < 1.29 is 0 Å². The molecule has 1 aromatic heterocycles. The van der Waals surface area contributed by atoms with Crippen LogP contribution in [-0.4, -0.2) is 4.57 Å². The largest absolute Gasteiger partial charge is 0.355 e. The second-order valence-electron chi connectivity index (χ2n) is 14.3. The van der Waals surface area contributed by atoms with Gasteiger partial charge in [0, 0.05) is 33.4 Å². The monoisotopic (exact) mass is 714 g/mol. The second kappa shape index (κ2) is 14.4. The molecular weight excluding hydrogens is 677 g/mol. The Balaban J connectivity index is 1.08. The highest BCUT2D eigenvalue weighted by Crippen LogP contribution is 2.40. The van der Waals surface area contributed by atoms with Gasteiger partial charge in [0.05, 0.1) is 11.0 Å². The summed E-state index contributed by atoms with van der Waals surface area (Å²) in [4.78, 5) is 0. The highest BCUT2D eigenvalue weighted by molar-refractivity contribution is 6.10. The van der Waals surface area contributed by atoms with Gasteiger partial charge >= 0.3 is 0 Å². The third-order valence-corrected chi connectivity index (χ3v) is 10.8. The van der Waals surface area contributed by atoms with E-state index in [0.717, 1.165) is 22.6 Å². The lowest BCUT2D eigenvalue weighted by atomic mass is 9.96. The van der Waals surface area contributed by atoms with Gasteiger partial charge < -0.3 is 9.88 Å². The van der Waals surface area contributed by atoms with Crippen LogP contribution in [0, 0.1) is 0 Å². The Kier molecular flexibility index (Phi) is 8.55. The predicted molar refractivity (Wildman–Crippen MR) is 238 cm³/mol. The Labute approximate surface area is 327 Å². The molecule has 264 valence electrons. The van der Waals surface area contributed by atoms with E-state index in [2.05, 4.69) is 234 Å². The van der Waals surface area contributed by atoms with E-state index in [1.165, 1.54) is 71.9 Å². The first-order valence-corrected chi connectivity index (χ1v) is 19.2. The molecule has 2 heteroatoms. The van der Waals surface area contributed by atoms with Crippen molar-refractivity contribution in [3.05, 3.63) is 224 Å². The number of nitrogens with one attached hydrogen (secondary N) is 1. The first-order chi connectivity index (χ1) is 27.7. The Bertz CT molecular complexity index is 2890. The molecule has 1 heterocycles. The van der Waals surface area contributed by atoms with Crippen LogP contribution in [-0.2, 0) is 0 Å². The molecule has 0 aliphatic rings. The van der Waals surface area contributed by atoms with Gasteiger partial charge in [-0.05, 0) is 111 Å². The summed E-state index contributed by atoms with van der Waals surface area (Å²) in [5, 5.41) is 6.19. The standard InChI is InChI=1S/C54H38N2/c1-5-15-38(16-6-1)41-25-29-47(30-26-41)55-52-31-27-43(36-50(52)42-21-11-4-12-22-42)44-28-32-54-51(37-44)49-23-13-14-24-53(49)56(54)48-34-45(39-17-7-2-8-18-39)33-46(35-48)40-19-9-3-10-20-40/h1-37,55H. The Hall–Kier alpha value is -7.42. The molecule has 0 fully saturated rings. The lowest BCUT2D eigenvalue weighted by Gasteiger charge is -2.16. The average molecular weight is 715 g/mol. The molecule has 0 radical (unpaired) electrons. The Morgan fingerprint density at radius 1 is 0.286 bits per heavy atom. The minimum atomic E-state index is 1.05. The zero-order valence-electron chi connectivity index (χ0n) is 30.8. The van der Waals surface area contributed by atoms with Gasteiger partial charge in [-0.25, -0.2) is 0 Å². The van der Waals surface area contributed by atoms with Crippen LogP contribution in [0.25, 0.3) is 83.1 Å². The number of rotatable bonds is 8. The number of aromatic nitrogens is 1. The predicted octanol–water partition coefficient (Wildman–Crippen LogP) is 14.9. The molecule has 0 unspecified atom stereocenters. The number of hydrogen-bond donors (Lipinski definition) is 1. The number of anilines is 2. The summed E-state index contributed by atoms with van der Waals surface area (Å²) in [5.41, 5.74) is 17.5. The quantitative estimate of drug-likeness (QED) is 0.166. The van der Waals surface area contributed by atoms with E-state index in [4.69, 9.17) is 0 Å². The molecule has 1 N–H and O–H groups in total. The van der Waals surface area contributed by atoms with E-state index >= 15 is 0 Å². The summed E-state index contributed by atoms with van der Waals surface area (Å²) in [6.45, 7) is 0. The smallest absolute Gasteiger partial charge is 0.0541 e. The molecule has 0 saturated heterocycles. The molecule has 9 aromatic carbocycles. The van der Waals surface area contributed by atoms with Crippen LogP contribution in [0.5, 0.6) is 0 Å². The zero-order chi connectivity index (χ0) is 37.3. The number of hydrogen-bond acceptors (Lipinski definition) is 1. The highest BCUT2D eigenvalue weighted by Gasteiger charge is 2.16. The van der Waals surface area contributed by atoms with Crippen LogP contribution in [0.4, 0.5) is 11.4 Å². The number of benzene rings is 9.